The van der Waals surface area contributed by atoms with Crippen LogP contribution in [-0.4, -0.2) is 39.7 Å². The Bertz CT molecular complexity index is 822. The van der Waals surface area contributed by atoms with Crippen molar-refractivity contribution in [2.75, 3.05) is 0 Å². The zero-order chi connectivity index (χ0) is 21.3. The van der Waals surface area contributed by atoms with Gasteiger partial charge in [0.15, 0.2) is 0 Å². The van der Waals surface area contributed by atoms with Crippen LogP contribution in [0, 0.1) is 12.3 Å². The van der Waals surface area contributed by atoms with E-state index in [-0.39, 0.29) is 5.41 Å². The minimum absolute atomic E-state index is 0.368. The Hall–Kier alpha value is -1.72. The SMILES string of the molecule is CCc1ccc(Cc2cc([C@@H]3OC(C(C)(C)C)[C@@H](O)[C@H](O)[C@H]3O)ccc2C)cc1. The summed E-state index contributed by atoms with van der Waals surface area (Å²) in [5, 5.41) is 31.5. The number of ether oxygens (including phenoxy) is 1. The van der Waals surface area contributed by atoms with Gasteiger partial charge in [-0.05, 0) is 53.0 Å². The second-order valence-corrected chi connectivity index (χ2v) is 9.35. The summed E-state index contributed by atoms with van der Waals surface area (Å²) in [6.45, 7) is 10.1. The predicted molar refractivity (Wildman–Crippen MR) is 115 cm³/mol. The quantitative estimate of drug-likeness (QED) is 0.734. The first kappa shape index (κ1) is 22.0. The summed E-state index contributed by atoms with van der Waals surface area (Å²) < 4.78 is 6.15. The number of aliphatic hydroxyl groups excluding tert-OH is 3. The summed E-state index contributed by atoms with van der Waals surface area (Å²) in [5.74, 6) is 0. The van der Waals surface area contributed by atoms with Gasteiger partial charge in [0.25, 0.3) is 0 Å². The van der Waals surface area contributed by atoms with Gasteiger partial charge in [-0.2, -0.15) is 0 Å². The van der Waals surface area contributed by atoms with E-state index in [2.05, 4.69) is 44.2 Å². The Morgan fingerprint density at radius 3 is 2.07 bits per heavy atom. The smallest absolute Gasteiger partial charge is 0.113 e. The molecular weight excluding hydrogens is 364 g/mol. The number of aliphatic hydroxyl groups is 3. The van der Waals surface area contributed by atoms with E-state index in [0.29, 0.717) is 0 Å². The number of hydrogen-bond donors (Lipinski definition) is 3. The molecule has 3 rings (SSSR count). The molecule has 3 N–H and O–H groups in total. The highest BCUT2D eigenvalue weighted by Gasteiger charge is 2.48. The molecule has 0 amide bonds. The van der Waals surface area contributed by atoms with Crippen LogP contribution in [-0.2, 0) is 17.6 Å². The van der Waals surface area contributed by atoms with Crippen LogP contribution in [0.25, 0.3) is 0 Å². The third-order valence-corrected chi connectivity index (χ3v) is 5.99. The molecule has 1 heterocycles. The fourth-order valence-electron chi connectivity index (χ4n) is 4.04. The molecule has 1 saturated heterocycles. The molecule has 4 heteroatoms. The molecule has 1 fully saturated rings. The predicted octanol–water partition coefficient (Wildman–Crippen LogP) is 3.72. The lowest BCUT2D eigenvalue weighted by molar-refractivity contribution is -0.247. The Kier molecular flexibility index (Phi) is 6.49. The highest BCUT2D eigenvalue weighted by molar-refractivity contribution is 5.37. The van der Waals surface area contributed by atoms with Gasteiger partial charge in [0, 0.05) is 0 Å². The molecule has 0 radical (unpaired) electrons. The van der Waals surface area contributed by atoms with E-state index in [4.69, 9.17) is 4.74 Å². The first-order valence-corrected chi connectivity index (χ1v) is 10.5. The summed E-state index contributed by atoms with van der Waals surface area (Å²) in [4.78, 5) is 0. The monoisotopic (exact) mass is 398 g/mol. The molecule has 0 spiro atoms. The second-order valence-electron chi connectivity index (χ2n) is 9.35. The van der Waals surface area contributed by atoms with E-state index in [1.165, 1.54) is 16.7 Å². The zero-order valence-corrected chi connectivity index (χ0v) is 18.1. The summed E-state index contributed by atoms with van der Waals surface area (Å²) in [5.41, 5.74) is 5.34. The highest BCUT2D eigenvalue weighted by atomic mass is 16.5. The molecule has 2 aromatic rings. The van der Waals surface area contributed by atoms with Crippen LogP contribution in [0.2, 0.25) is 0 Å². The average Bonchev–Trinajstić information content (AvgIpc) is 2.68. The molecule has 29 heavy (non-hydrogen) atoms. The molecule has 158 valence electrons. The van der Waals surface area contributed by atoms with Gasteiger partial charge >= 0.3 is 0 Å². The molecule has 1 aliphatic heterocycles. The normalized spacial score (nSPS) is 27.8. The lowest BCUT2D eigenvalue weighted by atomic mass is 9.79. The van der Waals surface area contributed by atoms with Crippen molar-refractivity contribution in [1.82, 2.24) is 0 Å². The largest absolute Gasteiger partial charge is 0.388 e. The van der Waals surface area contributed by atoms with Gasteiger partial charge < -0.3 is 20.1 Å². The highest BCUT2D eigenvalue weighted by Crippen LogP contribution is 2.39. The fourth-order valence-corrected chi connectivity index (χ4v) is 4.04. The number of hydrogen-bond acceptors (Lipinski definition) is 4. The van der Waals surface area contributed by atoms with Crippen molar-refractivity contribution in [2.24, 2.45) is 5.41 Å². The van der Waals surface area contributed by atoms with Gasteiger partial charge in [0.05, 0.1) is 6.10 Å². The van der Waals surface area contributed by atoms with Crippen LogP contribution in [0.3, 0.4) is 0 Å². The molecule has 2 aromatic carbocycles. The van der Waals surface area contributed by atoms with E-state index in [0.717, 1.165) is 24.0 Å². The van der Waals surface area contributed by atoms with E-state index in [1.54, 1.807) is 0 Å². The van der Waals surface area contributed by atoms with Gasteiger partial charge in [-0.15, -0.1) is 0 Å². The van der Waals surface area contributed by atoms with Crippen LogP contribution >= 0.6 is 0 Å². The zero-order valence-electron chi connectivity index (χ0n) is 18.1. The maximum Gasteiger partial charge on any atom is 0.113 e. The van der Waals surface area contributed by atoms with Gasteiger partial charge in [0.1, 0.15) is 24.4 Å². The van der Waals surface area contributed by atoms with E-state index in [1.807, 2.05) is 32.9 Å². The average molecular weight is 399 g/mol. The number of aryl methyl sites for hydroxylation is 2. The Balaban J connectivity index is 1.89. The van der Waals surface area contributed by atoms with Gasteiger partial charge in [-0.1, -0.05) is 70.2 Å². The third-order valence-electron chi connectivity index (χ3n) is 5.99. The minimum Gasteiger partial charge on any atom is -0.388 e. The Morgan fingerprint density at radius 2 is 1.48 bits per heavy atom. The van der Waals surface area contributed by atoms with Crippen LogP contribution in [0.4, 0.5) is 0 Å². The molecule has 0 saturated carbocycles. The molecule has 0 aromatic heterocycles. The summed E-state index contributed by atoms with van der Waals surface area (Å²) in [7, 11) is 0. The minimum atomic E-state index is -1.25. The number of benzene rings is 2. The van der Waals surface area contributed by atoms with Crippen molar-refractivity contribution in [3.63, 3.8) is 0 Å². The summed E-state index contributed by atoms with van der Waals surface area (Å²) in [6, 6.07) is 14.7. The van der Waals surface area contributed by atoms with Crippen LogP contribution in [0.5, 0.6) is 0 Å². The van der Waals surface area contributed by atoms with E-state index in [9.17, 15) is 15.3 Å². The lowest BCUT2D eigenvalue weighted by Crippen LogP contribution is -2.57. The second kappa shape index (κ2) is 8.57. The van der Waals surface area contributed by atoms with Crippen molar-refractivity contribution in [1.29, 1.82) is 0 Å². The maximum atomic E-state index is 10.6. The Labute approximate surface area is 174 Å². The van der Waals surface area contributed by atoms with Gasteiger partial charge in [-0.25, -0.2) is 0 Å². The van der Waals surface area contributed by atoms with E-state index < -0.39 is 30.5 Å². The maximum absolute atomic E-state index is 10.6. The molecule has 1 aliphatic rings. The Morgan fingerprint density at radius 1 is 0.862 bits per heavy atom. The molecule has 1 unspecified atom stereocenters. The topological polar surface area (TPSA) is 69.9 Å². The van der Waals surface area contributed by atoms with Crippen LogP contribution in [0.15, 0.2) is 42.5 Å². The van der Waals surface area contributed by atoms with Crippen molar-refractivity contribution in [2.45, 2.75) is 78.0 Å². The van der Waals surface area contributed by atoms with Crippen molar-refractivity contribution < 1.29 is 20.1 Å². The van der Waals surface area contributed by atoms with Crippen LogP contribution < -0.4 is 0 Å². The molecule has 4 nitrogen and oxygen atoms in total. The summed E-state index contributed by atoms with van der Waals surface area (Å²) in [6.07, 6.45) is -2.98. The molecule has 5 atom stereocenters. The van der Waals surface area contributed by atoms with E-state index >= 15 is 0 Å². The molecular formula is C25H34O4. The fraction of sp³-hybridized carbons (Fsp3) is 0.520. The van der Waals surface area contributed by atoms with Crippen molar-refractivity contribution in [3.8, 4) is 0 Å². The van der Waals surface area contributed by atoms with Gasteiger partial charge in [-0.3, -0.25) is 0 Å². The van der Waals surface area contributed by atoms with Crippen molar-refractivity contribution >= 4 is 0 Å². The number of rotatable bonds is 4. The first-order chi connectivity index (χ1) is 13.6. The van der Waals surface area contributed by atoms with Crippen LogP contribution in [0.1, 0.15) is 61.6 Å². The summed E-state index contributed by atoms with van der Waals surface area (Å²) >= 11 is 0. The lowest BCUT2D eigenvalue weighted by Gasteiger charge is -2.46. The van der Waals surface area contributed by atoms with Crippen molar-refractivity contribution in [3.05, 3.63) is 70.3 Å². The standard InChI is InChI=1S/C25H34O4/c1-6-16-8-10-17(11-9-16)13-19-14-18(12-7-15(19)2)23-21(27)20(26)22(28)24(29-23)25(3,4)5/h7-12,14,20-24,26-28H,6,13H2,1-5H3/t20-,21-,22+,23+,24?/m1/s1. The van der Waals surface area contributed by atoms with Gasteiger partial charge in [0.2, 0.25) is 0 Å². The molecule has 0 aliphatic carbocycles. The molecule has 0 bridgehead atoms. The third kappa shape index (κ3) is 4.72. The first-order valence-electron chi connectivity index (χ1n) is 10.5.